The van der Waals surface area contributed by atoms with Gasteiger partial charge in [-0.2, -0.15) is 0 Å². The molecule has 0 saturated carbocycles. The fraction of sp³-hybridized carbons (Fsp3) is 0.417. The first-order valence-corrected chi connectivity index (χ1v) is 5.91. The van der Waals surface area contributed by atoms with E-state index >= 15 is 0 Å². The summed E-state index contributed by atoms with van der Waals surface area (Å²) in [7, 11) is 0. The van der Waals surface area contributed by atoms with Crippen molar-refractivity contribution in [2.24, 2.45) is 0 Å². The molecule has 0 N–H and O–H groups in total. The Balaban J connectivity index is 2.26. The summed E-state index contributed by atoms with van der Waals surface area (Å²) in [6.07, 6.45) is 0. The predicted molar refractivity (Wildman–Crippen MR) is 65.0 cm³/mol. The van der Waals surface area contributed by atoms with Crippen LogP contribution in [0, 0.1) is 5.82 Å². The second-order valence-electron chi connectivity index (χ2n) is 4.09. The normalized spacial score (nSPS) is 20.4. The number of morpholine rings is 1. The Kier molecular flexibility index (Phi) is 3.69. The topological polar surface area (TPSA) is 29.5 Å². The lowest BCUT2D eigenvalue weighted by Crippen LogP contribution is -2.47. The zero-order chi connectivity index (χ0) is 12.4. The summed E-state index contributed by atoms with van der Waals surface area (Å²) in [4.78, 5) is 14.4. The Labute approximate surface area is 105 Å². The third kappa shape index (κ3) is 2.61. The molecule has 3 nitrogen and oxygen atoms in total. The highest BCUT2D eigenvalue weighted by Gasteiger charge is 2.26. The molecule has 1 aromatic rings. The second-order valence-corrected chi connectivity index (χ2v) is 4.60. The van der Waals surface area contributed by atoms with Crippen LogP contribution in [0.25, 0.3) is 0 Å². The van der Waals surface area contributed by atoms with E-state index in [-0.39, 0.29) is 17.5 Å². The van der Waals surface area contributed by atoms with E-state index in [1.165, 1.54) is 18.2 Å². The largest absolute Gasteiger partial charge is 0.377 e. The van der Waals surface area contributed by atoms with E-state index in [1.54, 1.807) is 4.90 Å². The van der Waals surface area contributed by atoms with Crippen molar-refractivity contribution >= 4 is 18.5 Å². The zero-order valence-electron chi connectivity index (χ0n) is 9.52. The quantitative estimate of drug-likeness (QED) is 0.778. The standard InChI is InChI=1S/C12H14FNO2S/c1-8-7-16-5-4-14(8)12(15)10-6-9(17)2-3-11(10)13/h2-3,6,8,17H,4-5,7H2,1H3. The monoisotopic (exact) mass is 255 g/mol. The van der Waals surface area contributed by atoms with Crippen molar-refractivity contribution in [3.05, 3.63) is 29.6 Å². The summed E-state index contributed by atoms with van der Waals surface area (Å²) < 4.78 is 18.8. The Morgan fingerprint density at radius 1 is 1.59 bits per heavy atom. The van der Waals surface area contributed by atoms with E-state index in [1.807, 2.05) is 6.92 Å². The highest BCUT2D eigenvalue weighted by atomic mass is 32.1. The molecule has 0 spiro atoms. The minimum atomic E-state index is -0.508. The zero-order valence-corrected chi connectivity index (χ0v) is 10.4. The molecular weight excluding hydrogens is 241 g/mol. The first-order valence-electron chi connectivity index (χ1n) is 5.47. The number of hydrogen-bond acceptors (Lipinski definition) is 3. The molecule has 1 saturated heterocycles. The maximum absolute atomic E-state index is 13.6. The van der Waals surface area contributed by atoms with Crippen molar-refractivity contribution in [3.63, 3.8) is 0 Å². The molecule has 0 aromatic heterocycles. The van der Waals surface area contributed by atoms with Gasteiger partial charge in [0.1, 0.15) is 5.82 Å². The molecule has 1 aliphatic heterocycles. The van der Waals surface area contributed by atoms with Crippen LogP contribution in [0.5, 0.6) is 0 Å². The van der Waals surface area contributed by atoms with Gasteiger partial charge in [-0.15, -0.1) is 12.6 Å². The van der Waals surface area contributed by atoms with Gasteiger partial charge in [-0.25, -0.2) is 4.39 Å². The van der Waals surface area contributed by atoms with Crippen molar-refractivity contribution in [2.45, 2.75) is 17.9 Å². The third-order valence-corrected chi connectivity index (χ3v) is 3.09. The lowest BCUT2D eigenvalue weighted by Gasteiger charge is -2.33. The van der Waals surface area contributed by atoms with E-state index in [0.717, 1.165) is 0 Å². The molecule has 0 bridgehead atoms. The van der Waals surface area contributed by atoms with E-state index < -0.39 is 5.82 Å². The van der Waals surface area contributed by atoms with Crippen LogP contribution in [0.1, 0.15) is 17.3 Å². The van der Waals surface area contributed by atoms with E-state index in [9.17, 15) is 9.18 Å². The number of amides is 1. The van der Waals surface area contributed by atoms with Crippen molar-refractivity contribution in [1.82, 2.24) is 4.90 Å². The molecular formula is C12H14FNO2S. The Bertz CT molecular complexity index is 439. The lowest BCUT2D eigenvalue weighted by molar-refractivity contribution is 0.00333. The third-order valence-electron chi connectivity index (χ3n) is 2.81. The predicted octanol–water partition coefficient (Wildman–Crippen LogP) is 1.98. The summed E-state index contributed by atoms with van der Waals surface area (Å²) in [5.74, 6) is -0.805. The molecule has 17 heavy (non-hydrogen) atoms. The van der Waals surface area contributed by atoms with Crippen LogP contribution in [-0.4, -0.2) is 36.6 Å². The molecule has 1 atom stereocenters. The SMILES string of the molecule is CC1COCCN1C(=O)c1cc(S)ccc1F. The fourth-order valence-electron chi connectivity index (χ4n) is 1.86. The number of carbonyl (C=O) groups excluding carboxylic acids is 1. The van der Waals surface area contributed by atoms with Crippen molar-refractivity contribution < 1.29 is 13.9 Å². The smallest absolute Gasteiger partial charge is 0.257 e. The maximum atomic E-state index is 13.6. The van der Waals surface area contributed by atoms with Gasteiger partial charge in [0.15, 0.2) is 0 Å². The van der Waals surface area contributed by atoms with Crippen molar-refractivity contribution in [1.29, 1.82) is 0 Å². The van der Waals surface area contributed by atoms with Crippen LogP contribution >= 0.6 is 12.6 Å². The number of benzene rings is 1. The summed E-state index contributed by atoms with van der Waals surface area (Å²) in [5.41, 5.74) is 0.0752. The number of hydrogen-bond donors (Lipinski definition) is 1. The lowest BCUT2D eigenvalue weighted by atomic mass is 10.1. The van der Waals surface area contributed by atoms with Crippen LogP contribution < -0.4 is 0 Å². The number of nitrogens with zero attached hydrogens (tertiary/aromatic N) is 1. The molecule has 1 heterocycles. The van der Waals surface area contributed by atoms with Gasteiger partial charge in [-0.3, -0.25) is 4.79 Å². The number of halogens is 1. The Morgan fingerprint density at radius 2 is 2.35 bits per heavy atom. The summed E-state index contributed by atoms with van der Waals surface area (Å²) in [6.45, 7) is 3.38. The Morgan fingerprint density at radius 3 is 3.06 bits per heavy atom. The van der Waals surface area contributed by atoms with Crippen LogP contribution in [0.4, 0.5) is 4.39 Å². The molecule has 0 aliphatic carbocycles. The Hall–Kier alpha value is -1.07. The average Bonchev–Trinajstić information content (AvgIpc) is 2.32. The first-order chi connectivity index (χ1) is 8.09. The van der Waals surface area contributed by atoms with Gasteiger partial charge in [0.25, 0.3) is 5.91 Å². The summed E-state index contributed by atoms with van der Waals surface area (Å²) in [5, 5.41) is 0. The minimum Gasteiger partial charge on any atom is -0.377 e. The van der Waals surface area contributed by atoms with Gasteiger partial charge in [-0.1, -0.05) is 0 Å². The number of ether oxygens (including phenoxy) is 1. The molecule has 92 valence electrons. The van der Waals surface area contributed by atoms with Crippen molar-refractivity contribution in [2.75, 3.05) is 19.8 Å². The van der Waals surface area contributed by atoms with Gasteiger partial charge < -0.3 is 9.64 Å². The average molecular weight is 255 g/mol. The van der Waals surface area contributed by atoms with E-state index in [0.29, 0.717) is 24.7 Å². The summed E-state index contributed by atoms with van der Waals surface area (Å²) in [6, 6.07) is 4.22. The maximum Gasteiger partial charge on any atom is 0.257 e. The summed E-state index contributed by atoms with van der Waals surface area (Å²) >= 11 is 4.12. The number of rotatable bonds is 1. The number of thiol groups is 1. The highest BCUT2D eigenvalue weighted by molar-refractivity contribution is 7.80. The molecule has 2 rings (SSSR count). The van der Waals surface area contributed by atoms with Gasteiger partial charge in [-0.05, 0) is 25.1 Å². The van der Waals surface area contributed by atoms with Crippen LogP contribution in [-0.2, 0) is 4.74 Å². The van der Waals surface area contributed by atoms with Crippen molar-refractivity contribution in [3.8, 4) is 0 Å². The fourth-order valence-corrected chi connectivity index (χ4v) is 2.06. The van der Waals surface area contributed by atoms with Gasteiger partial charge in [0.05, 0.1) is 24.8 Å². The highest BCUT2D eigenvalue weighted by Crippen LogP contribution is 2.18. The molecule has 1 aromatic carbocycles. The molecule has 5 heteroatoms. The van der Waals surface area contributed by atoms with Gasteiger partial charge in [0.2, 0.25) is 0 Å². The molecule has 0 radical (unpaired) electrons. The van der Waals surface area contributed by atoms with Crippen LogP contribution in [0.15, 0.2) is 23.1 Å². The van der Waals surface area contributed by atoms with Crippen LogP contribution in [0.3, 0.4) is 0 Å². The first kappa shape index (κ1) is 12.4. The van der Waals surface area contributed by atoms with Gasteiger partial charge in [0, 0.05) is 11.4 Å². The molecule has 1 unspecified atom stereocenters. The van der Waals surface area contributed by atoms with E-state index in [4.69, 9.17) is 4.74 Å². The molecule has 1 amide bonds. The molecule has 1 aliphatic rings. The number of carbonyl (C=O) groups is 1. The van der Waals surface area contributed by atoms with Gasteiger partial charge >= 0.3 is 0 Å². The minimum absolute atomic E-state index is 0.0285. The van der Waals surface area contributed by atoms with E-state index in [2.05, 4.69) is 12.6 Å². The van der Waals surface area contributed by atoms with Crippen LogP contribution in [0.2, 0.25) is 0 Å². The molecule has 1 fully saturated rings. The second kappa shape index (κ2) is 5.06.